The molecule has 1 fully saturated rings. The second-order valence-electron chi connectivity index (χ2n) is 4.22. The van der Waals surface area contributed by atoms with Crippen molar-refractivity contribution >= 4 is 11.8 Å². The average Bonchev–Trinajstić information content (AvgIpc) is 2.33. The number of carbonyl (C=O) groups is 1. The van der Waals surface area contributed by atoms with Gasteiger partial charge in [0.05, 0.1) is 4.92 Å². The molecule has 6 nitrogen and oxygen atoms in total. The van der Waals surface area contributed by atoms with Crippen molar-refractivity contribution in [3.8, 4) is 0 Å². The molecule has 1 atom stereocenters. The van der Waals surface area contributed by atoms with Crippen LogP contribution >= 0.6 is 0 Å². The maximum atomic E-state index is 13.7. The SMILES string of the molecule is Cc1ccc([C@@H]2NC(=O)OCC2(F)F)cc1[N+](=O)[O-]. The summed E-state index contributed by atoms with van der Waals surface area (Å²) in [5.74, 6) is -3.32. The summed E-state index contributed by atoms with van der Waals surface area (Å²) in [6.07, 6.45) is -0.973. The van der Waals surface area contributed by atoms with Gasteiger partial charge in [0.1, 0.15) is 6.04 Å². The van der Waals surface area contributed by atoms with Gasteiger partial charge in [0.25, 0.3) is 5.69 Å². The van der Waals surface area contributed by atoms with Gasteiger partial charge in [0.15, 0.2) is 6.61 Å². The van der Waals surface area contributed by atoms with Gasteiger partial charge in [-0.2, -0.15) is 0 Å². The summed E-state index contributed by atoms with van der Waals surface area (Å²) in [6, 6.07) is 2.10. The third-order valence-corrected chi connectivity index (χ3v) is 2.84. The summed E-state index contributed by atoms with van der Waals surface area (Å²) in [5.41, 5.74) is 0.0587. The van der Waals surface area contributed by atoms with Crippen LogP contribution in [0.5, 0.6) is 0 Å². The van der Waals surface area contributed by atoms with Crippen molar-refractivity contribution < 1.29 is 23.2 Å². The fraction of sp³-hybridized carbons (Fsp3) is 0.364. The molecule has 0 radical (unpaired) electrons. The Balaban J connectivity index is 2.42. The van der Waals surface area contributed by atoms with E-state index in [9.17, 15) is 23.7 Å². The summed E-state index contributed by atoms with van der Waals surface area (Å²) in [4.78, 5) is 21.2. The van der Waals surface area contributed by atoms with E-state index in [0.29, 0.717) is 5.56 Å². The number of alkyl carbamates (subject to hydrolysis) is 1. The van der Waals surface area contributed by atoms with Gasteiger partial charge in [0.2, 0.25) is 0 Å². The van der Waals surface area contributed by atoms with Crippen LogP contribution in [-0.4, -0.2) is 23.5 Å². The van der Waals surface area contributed by atoms with Gasteiger partial charge in [-0.15, -0.1) is 0 Å². The first-order chi connectivity index (χ1) is 8.81. The second kappa shape index (κ2) is 4.45. The average molecular weight is 272 g/mol. The fourth-order valence-electron chi connectivity index (χ4n) is 1.84. The quantitative estimate of drug-likeness (QED) is 0.661. The van der Waals surface area contributed by atoms with Crippen LogP contribution in [0.2, 0.25) is 0 Å². The number of ether oxygens (including phenoxy) is 1. The minimum Gasteiger partial charge on any atom is -0.443 e. The number of aryl methyl sites for hydroxylation is 1. The predicted octanol–water partition coefficient (Wildman–Crippen LogP) is 2.32. The molecular weight excluding hydrogens is 262 g/mol. The highest BCUT2D eigenvalue weighted by Gasteiger charge is 2.47. The van der Waals surface area contributed by atoms with E-state index in [1.807, 2.05) is 5.32 Å². The molecule has 1 heterocycles. The van der Waals surface area contributed by atoms with Gasteiger partial charge >= 0.3 is 12.0 Å². The summed E-state index contributed by atoms with van der Waals surface area (Å²) < 4.78 is 31.5. The number of rotatable bonds is 2. The maximum Gasteiger partial charge on any atom is 0.408 e. The number of nitrogens with zero attached hydrogens (tertiary/aromatic N) is 1. The molecule has 1 aliphatic heterocycles. The zero-order chi connectivity index (χ0) is 14.2. The largest absolute Gasteiger partial charge is 0.443 e. The molecule has 2 rings (SSSR count). The van der Waals surface area contributed by atoms with Crippen LogP contribution in [0.25, 0.3) is 0 Å². The number of benzene rings is 1. The van der Waals surface area contributed by atoms with Crippen molar-refractivity contribution in [2.24, 2.45) is 0 Å². The van der Waals surface area contributed by atoms with Crippen LogP contribution in [-0.2, 0) is 4.74 Å². The lowest BCUT2D eigenvalue weighted by Crippen LogP contribution is -2.49. The van der Waals surface area contributed by atoms with E-state index >= 15 is 0 Å². The Morgan fingerprint density at radius 1 is 1.53 bits per heavy atom. The lowest BCUT2D eigenvalue weighted by Gasteiger charge is -2.31. The van der Waals surface area contributed by atoms with Gasteiger partial charge in [0, 0.05) is 11.6 Å². The first-order valence-corrected chi connectivity index (χ1v) is 5.37. The molecular formula is C11H10F2N2O4. The molecule has 0 aliphatic carbocycles. The number of amides is 1. The molecule has 0 saturated carbocycles. The van der Waals surface area contributed by atoms with Crippen LogP contribution in [0.3, 0.4) is 0 Å². The van der Waals surface area contributed by atoms with Crippen LogP contribution < -0.4 is 5.32 Å². The Labute approximate surface area is 106 Å². The van der Waals surface area contributed by atoms with E-state index in [4.69, 9.17) is 0 Å². The molecule has 19 heavy (non-hydrogen) atoms. The number of nitrogens with one attached hydrogen (secondary N) is 1. The number of cyclic esters (lactones) is 1. The van der Waals surface area contributed by atoms with Crippen LogP contribution in [0.1, 0.15) is 17.2 Å². The van der Waals surface area contributed by atoms with Crippen molar-refractivity contribution in [3.05, 3.63) is 39.4 Å². The minimum atomic E-state index is -3.32. The highest BCUT2D eigenvalue weighted by molar-refractivity contribution is 5.69. The smallest absolute Gasteiger partial charge is 0.408 e. The van der Waals surface area contributed by atoms with Crippen LogP contribution in [0.4, 0.5) is 19.3 Å². The van der Waals surface area contributed by atoms with E-state index in [2.05, 4.69) is 4.74 Å². The standard InChI is InChI=1S/C11H10F2N2O4/c1-6-2-3-7(4-8(6)15(17)18)9-11(12,13)5-19-10(16)14-9/h2-4,9H,5H2,1H3,(H,14,16)/t9-/m0/s1. The van der Waals surface area contributed by atoms with Crippen molar-refractivity contribution in [1.29, 1.82) is 0 Å². The topological polar surface area (TPSA) is 81.5 Å². The van der Waals surface area contributed by atoms with Gasteiger partial charge in [-0.05, 0) is 12.5 Å². The molecule has 0 unspecified atom stereocenters. The number of hydrogen-bond acceptors (Lipinski definition) is 4. The Morgan fingerprint density at radius 2 is 2.21 bits per heavy atom. The Morgan fingerprint density at radius 3 is 2.84 bits per heavy atom. The number of nitro groups is 1. The number of alkyl halides is 2. The molecule has 1 aromatic rings. The van der Waals surface area contributed by atoms with Crippen molar-refractivity contribution in [2.75, 3.05) is 6.61 Å². The van der Waals surface area contributed by atoms with Crippen LogP contribution in [0.15, 0.2) is 18.2 Å². The van der Waals surface area contributed by atoms with Gasteiger partial charge in [-0.25, -0.2) is 13.6 Å². The zero-order valence-electron chi connectivity index (χ0n) is 9.85. The Kier molecular flexibility index (Phi) is 3.09. The number of carbonyl (C=O) groups excluding carboxylic acids is 1. The molecule has 0 bridgehead atoms. The number of nitro benzene ring substituents is 1. The molecule has 1 aromatic carbocycles. The third kappa shape index (κ3) is 2.47. The normalized spacial score (nSPS) is 21.4. The number of halogens is 2. The summed E-state index contributed by atoms with van der Waals surface area (Å²) >= 11 is 0. The number of hydrogen-bond donors (Lipinski definition) is 1. The lowest BCUT2D eigenvalue weighted by atomic mass is 9.98. The summed E-state index contributed by atoms with van der Waals surface area (Å²) in [5, 5.41) is 12.8. The second-order valence-corrected chi connectivity index (χ2v) is 4.22. The molecule has 1 amide bonds. The molecule has 1 N–H and O–H groups in total. The van der Waals surface area contributed by atoms with E-state index in [-0.39, 0.29) is 11.3 Å². The van der Waals surface area contributed by atoms with E-state index in [0.717, 1.165) is 6.07 Å². The first-order valence-electron chi connectivity index (χ1n) is 5.37. The van der Waals surface area contributed by atoms with Gasteiger partial charge in [-0.1, -0.05) is 12.1 Å². The minimum absolute atomic E-state index is 0.0287. The molecule has 102 valence electrons. The van der Waals surface area contributed by atoms with Crippen molar-refractivity contribution in [3.63, 3.8) is 0 Å². The highest BCUT2D eigenvalue weighted by Crippen LogP contribution is 2.36. The Bertz CT molecular complexity index is 547. The first kappa shape index (κ1) is 13.2. The maximum absolute atomic E-state index is 13.7. The molecule has 0 spiro atoms. The monoisotopic (exact) mass is 272 g/mol. The Hall–Kier alpha value is -2.25. The molecule has 1 aliphatic rings. The molecule has 8 heteroatoms. The van der Waals surface area contributed by atoms with E-state index in [1.165, 1.54) is 19.1 Å². The predicted molar refractivity (Wildman–Crippen MR) is 60.0 cm³/mol. The van der Waals surface area contributed by atoms with E-state index in [1.54, 1.807) is 0 Å². The van der Waals surface area contributed by atoms with Crippen LogP contribution in [0, 0.1) is 17.0 Å². The van der Waals surface area contributed by atoms with Gasteiger partial charge in [-0.3, -0.25) is 10.1 Å². The summed E-state index contributed by atoms with van der Waals surface area (Å²) in [7, 11) is 0. The van der Waals surface area contributed by atoms with Crippen molar-refractivity contribution in [1.82, 2.24) is 5.32 Å². The molecule has 0 aromatic heterocycles. The zero-order valence-corrected chi connectivity index (χ0v) is 9.85. The highest BCUT2D eigenvalue weighted by atomic mass is 19.3. The molecule has 1 saturated heterocycles. The lowest BCUT2D eigenvalue weighted by molar-refractivity contribution is -0.385. The fourth-order valence-corrected chi connectivity index (χ4v) is 1.84. The van der Waals surface area contributed by atoms with Gasteiger partial charge < -0.3 is 10.1 Å². The summed E-state index contributed by atoms with van der Waals surface area (Å²) in [6.45, 7) is 0.452. The third-order valence-electron chi connectivity index (χ3n) is 2.84. The van der Waals surface area contributed by atoms with E-state index < -0.39 is 29.6 Å². The van der Waals surface area contributed by atoms with Crippen molar-refractivity contribution in [2.45, 2.75) is 18.9 Å².